The lowest BCUT2D eigenvalue weighted by Crippen LogP contribution is -1.95. The lowest BCUT2D eigenvalue weighted by atomic mass is 9.98. The van der Waals surface area contributed by atoms with Gasteiger partial charge in [0.15, 0.2) is 11.5 Å². The van der Waals surface area contributed by atoms with E-state index in [1.807, 2.05) is 12.2 Å². The van der Waals surface area contributed by atoms with Gasteiger partial charge in [-0.25, -0.2) is 0 Å². The molecule has 0 saturated heterocycles. The Kier molecular flexibility index (Phi) is 2.44. The zero-order valence-electron chi connectivity index (χ0n) is 9.53. The van der Waals surface area contributed by atoms with Crippen molar-refractivity contribution in [3.05, 3.63) is 22.8 Å². The number of aromatic hydroxyl groups is 1. The fraction of sp³-hybridized carbons (Fsp3) is 0.385. The van der Waals surface area contributed by atoms with E-state index in [1.54, 1.807) is 0 Å². The second-order valence-electron chi connectivity index (χ2n) is 4.21. The van der Waals surface area contributed by atoms with Crippen molar-refractivity contribution in [2.24, 2.45) is 5.73 Å². The highest BCUT2D eigenvalue weighted by atomic mass is 16.5. The van der Waals surface area contributed by atoms with Gasteiger partial charge in [-0.3, -0.25) is 0 Å². The molecule has 1 aromatic rings. The Bertz CT molecular complexity index is 459. The lowest BCUT2D eigenvalue weighted by Gasteiger charge is -2.11. The summed E-state index contributed by atoms with van der Waals surface area (Å²) >= 11 is 0. The lowest BCUT2D eigenvalue weighted by molar-refractivity contribution is 0.333. The molecule has 2 aliphatic heterocycles. The van der Waals surface area contributed by atoms with Gasteiger partial charge in [0.1, 0.15) is 5.75 Å². The smallest absolute Gasteiger partial charge is 0.165 e. The Hall–Kier alpha value is -1.68. The van der Waals surface area contributed by atoms with Gasteiger partial charge in [0.2, 0.25) is 0 Å². The molecule has 4 nitrogen and oxygen atoms in total. The van der Waals surface area contributed by atoms with Crippen LogP contribution in [0, 0.1) is 0 Å². The number of nitrogens with two attached hydrogens (primary N) is 1. The number of rotatable bonds is 2. The molecule has 0 unspecified atom stereocenters. The molecule has 0 saturated carbocycles. The van der Waals surface area contributed by atoms with E-state index in [0.717, 1.165) is 35.3 Å². The molecule has 0 fully saturated rings. The molecule has 0 aromatic heterocycles. The van der Waals surface area contributed by atoms with Crippen molar-refractivity contribution in [1.29, 1.82) is 0 Å². The molecule has 0 radical (unpaired) electrons. The topological polar surface area (TPSA) is 64.7 Å². The average Bonchev–Trinajstić information content (AvgIpc) is 2.97. The number of phenolic OH excluding ortho intramolecular Hbond substituents is 1. The molecule has 2 aliphatic rings. The average molecular weight is 233 g/mol. The van der Waals surface area contributed by atoms with Crippen molar-refractivity contribution >= 4 is 6.08 Å². The van der Waals surface area contributed by atoms with Crippen LogP contribution in [0.3, 0.4) is 0 Å². The fourth-order valence-corrected chi connectivity index (χ4v) is 2.48. The second kappa shape index (κ2) is 3.96. The van der Waals surface area contributed by atoms with E-state index in [0.29, 0.717) is 25.5 Å². The molecule has 17 heavy (non-hydrogen) atoms. The van der Waals surface area contributed by atoms with Crippen molar-refractivity contribution in [2.75, 3.05) is 19.8 Å². The predicted octanol–water partition coefficient (Wildman–Crippen LogP) is 1.23. The van der Waals surface area contributed by atoms with Gasteiger partial charge in [-0.2, -0.15) is 0 Å². The molecule has 0 bridgehead atoms. The number of hydrogen-bond acceptors (Lipinski definition) is 4. The van der Waals surface area contributed by atoms with Crippen molar-refractivity contribution in [3.63, 3.8) is 0 Å². The van der Waals surface area contributed by atoms with Gasteiger partial charge in [0.05, 0.1) is 13.2 Å². The molecule has 1 aromatic carbocycles. The van der Waals surface area contributed by atoms with Crippen LogP contribution in [-0.2, 0) is 12.8 Å². The summed E-state index contributed by atoms with van der Waals surface area (Å²) in [4.78, 5) is 0. The van der Waals surface area contributed by atoms with Gasteiger partial charge in [-0.15, -0.1) is 0 Å². The molecule has 2 heterocycles. The Labute approximate surface area is 99.6 Å². The Balaban J connectivity index is 2.22. The highest BCUT2D eigenvalue weighted by Gasteiger charge is 2.30. The van der Waals surface area contributed by atoms with Crippen LogP contribution in [0.1, 0.15) is 16.7 Å². The summed E-state index contributed by atoms with van der Waals surface area (Å²) in [6.45, 7) is 1.73. The maximum Gasteiger partial charge on any atom is 0.165 e. The van der Waals surface area contributed by atoms with Crippen LogP contribution in [-0.4, -0.2) is 24.9 Å². The molecule has 0 atom stereocenters. The van der Waals surface area contributed by atoms with E-state index in [1.165, 1.54) is 0 Å². The predicted molar refractivity (Wildman–Crippen MR) is 64.6 cm³/mol. The summed E-state index contributed by atoms with van der Waals surface area (Å²) in [6.07, 6.45) is 5.41. The molecule has 90 valence electrons. The quantitative estimate of drug-likeness (QED) is 0.806. The molecular formula is C13H15NO3. The van der Waals surface area contributed by atoms with E-state index >= 15 is 0 Å². The minimum absolute atomic E-state index is 0.259. The number of ether oxygens (including phenoxy) is 2. The van der Waals surface area contributed by atoms with Gasteiger partial charge < -0.3 is 20.3 Å². The first-order chi connectivity index (χ1) is 8.33. The monoisotopic (exact) mass is 233 g/mol. The third-order valence-corrected chi connectivity index (χ3v) is 3.24. The van der Waals surface area contributed by atoms with Gasteiger partial charge >= 0.3 is 0 Å². The van der Waals surface area contributed by atoms with Gasteiger partial charge in [-0.05, 0) is 0 Å². The summed E-state index contributed by atoms with van der Waals surface area (Å²) in [5, 5.41) is 10.1. The number of fused-ring (bicyclic) bond motifs is 2. The van der Waals surface area contributed by atoms with Gasteiger partial charge in [-0.1, -0.05) is 12.2 Å². The Morgan fingerprint density at radius 2 is 1.82 bits per heavy atom. The van der Waals surface area contributed by atoms with Gasteiger partial charge in [0, 0.05) is 36.1 Å². The van der Waals surface area contributed by atoms with E-state index in [2.05, 4.69) is 0 Å². The molecule has 3 N–H and O–H groups in total. The van der Waals surface area contributed by atoms with E-state index in [-0.39, 0.29) is 5.75 Å². The van der Waals surface area contributed by atoms with E-state index < -0.39 is 0 Å². The number of hydrogen-bond donors (Lipinski definition) is 2. The molecule has 0 amide bonds. The highest BCUT2D eigenvalue weighted by Crippen LogP contribution is 2.48. The van der Waals surface area contributed by atoms with Crippen LogP contribution < -0.4 is 15.2 Å². The Morgan fingerprint density at radius 1 is 1.12 bits per heavy atom. The number of phenols is 1. The maximum absolute atomic E-state index is 10.1. The zero-order chi connectivity index (χ0) is 11.8. The molecular weight excluding hydrogens is 218 g/mol. The molecule has 4 heteroatoms. The van der Waals surface area contributed by atoms with Crippen molar-refractivity contribution in [3.8, 4) is 17.2 Å². The molecule has 0 spiro atoms. The third kappa shape index (κ3) is 1.48. The summed E-state index contributed by atoms with van der Waals surface area (Å²) in [7, 11) is 0. The SMILES string of the molecule is NC/C=C/c1c2c(c(O)c3c1OCC3)OCC2. The summed E-state index contributed by atoms with van der Waals surface area (Å²) in [5.74, 6) is 1.69. The summed E-state index contributed by atoms with van der Waals surface area (Å²) in [5.41, 5.74) is 8.41. The van der Waals surface area contributed by atoms with Gasteiger partial charge in [0.25, 0.3) is 0 Å². The zero-order valence-corrected chi connectivity index (χ0v) is 9.53. The summed E-state index contributed by atoms with van der Waals surface area (Å²) < 4.78 is 11.1. The minimum atomic E-state index is 0.259. The minimum Gasteiger partial charge on any atom is -0.504 e. The van der Waals surface area contributed by atoms with Crippen LogP contribution in [0.15, 0.2) is 6.08 Å². The van der Waals surface area contributed by atoms with Crippen molar-refractivity contribution < 1.29 is 14.6 Å². The normalized spacial score (nSPS) is 16.8. The first-order valence-corrected chi connectivity index (χ1v) is 5.85. The fourth-order valence-electron chi connectivity index (χ4n) is 2.48. The van der Waals surface area contributed by atoms with Crippen LogP contribution in [0.2, 0.25) is 0 Å². The largest absolute Gasteiger partial charge is 0.504 e. The number of benzene rings is 1. The molecule has 0 aliphatic carbocycles. The van der Waals surface area contributed by atoms with Crippen LogP contribution >= 0.6 is 0 Å². The van der Waals surface area contributed by atoms with Crippen molar-refractivity contribution in [2.45, 2.75) is 12.8 Å². The summed E-state index contributed by atoms with van der Waals surface area (Å²) in [6, 6.07) is 0. The Morgan fingerprint density at radius 3 is 2.59 bits per heavy atom. The van der Waals surface area contributed by atoms with E-state index in [9.17, 15) is 5.11 Å². The maximum atomic E-state index is 10.1. The van der Waals surface area contributed by atoms with Crippen LogP contribution in [0.25, 0.3) is 6.08 Å². The van der Waals surface area contributed by atoms with Crippen LogP contribution in [0.4, 0.5) is 0 Å². The first kappa shape index (κ1) is 10.5. The second-order valence-corrected chi connectivity index (χ2v) is 4.21. The van der Waals surface area contributed by atoms with E-state index in [4.69, 9.17) is 15.2 Å². The molecule has 3 rings (SSSR count). The van der Waals surface area contributed by atoms with Crippen LogP contribution in [0.5, 0.6) is 17.2 Å². The third-order valence-electron chi connectivity index (χ3n) is 3.24. The standard InChI is InChI=1S/C13H15NO3/c14-5-1-2-8-9-3-6-17-13(9)11(15)10-4-7-16-12(8)10/h1-2,15H,3-7,14H2/b2-1+. The first-order valence-electron chi connectivity index (χ1n) is 5.85. The highest BCUT2D eigenvalue weighted by molar-refractivity contribution is 5.73. The van der Waals surface area contributed by atoms with Crippen molar-refractivity contribution in [1.82, 2.24) is 0 Å².